The van der Waals surface area contributed by atoms with E-state index < -0.39 is 0 Å². The molecule has 1 aromatic heterocycles. The van der Waals surface area contributed by atoms with Crippen molar-refractivity contribution in [3.05, 3.63) is 60.0 Å². The summed E-state index contributed by atoms with van der Waals surface area (Å²) in [5.41, 5.74) is 1.08. The van der Waals surface area contributed by atoms with Gasteiger partial charge in [0, 0.05) is 18.8 Å². The van der Waals surface area contributed by atoms with Gasteiger partial charge >= 0.3 is 0 Å². The lowest BCUT2D eigenvalue weighted by Crippen LogP contribution is -2.17. The highest BCUT2D eigenvalue weighted by molar-refractivity contribution is 5.15. The number of benzene rings is 1. The van der Waals surface area contributed by atoms with Gasteiger partial charge in [0.2, 0.25) is 5.88 Å². The summed E-state index contributed by atoms with van der Waals surface area (Å²) in [6, 6.07) is 12.1. The van der Waals surface area contributed by atoms with Crippen LogP contribution in [-0.4, -0.2) is 18.1 Å². The van der Waals surface area contributed by atoms with E-state index >= 15 is 0 Å². The molecule has 0 aliphatic rings. The third-order valence-electron chi connectivity index (χ3n) is 2.63. The molecule has 19 heavy (non-hydrogen) atoms. The molecule has 2 rings (SSSR count). The SMILES string of the molecule is Fc1ccc(CNCCCOc2ccccn2)cc1. The summed E-state index contributed by atoms with van der Waals surface area (Å²) in [5.74, 6) is 0.452. The monoisotopic (exact) mass is 260 g/mol. The van der Waals surface area contributed by atoms with Crippen LogP contribution in [0.2, 0.25) is 0 Å². The summed E-state index contributed by atoms with van der Waals surface area (Å²) in [5, 5.41) is 3.28. The number of ether oxygens (including phenoxy) is 1. The van der Waals surface area contributed by atoms with E-state index in [1.807, 2.05) is 18.2 Å². The Hall–Kier alpha value is -1.94. The molecule has 0 unspecified atom stereocenters. The van der Waals surface area contributed by atoms with Crippen molar-refractivity contribution in [3.8, 4) is 5.88 Å². The van der Waals surface area contributed by atoms with Crippen LogP contribution in [-0.2, 0) is 6.54 Å². The summed E-state index contributed by atoms with van der Waals surface area (Å²) in [4.78, 5) is 4.07. The first-order chi connectivity index (χ1) is 9.34. The van der Waals surface area contributed by atoms with Crippen LogP contribution in [0.25, 0.3) is 0 Å². The lowest BCUT2D eigenvalue weighted by molar-refractivity contribution is 0.296. The van der Waals surface area contributed by atoms with E-state index in [4.69, 9.17) is 4.74 Å². The van der Waals surface area contributed by atoms with Crippen molar-refractivity contribution < 1.29 is 9.13 Å². The second-order valence-corrected chi connectivity index (χ2v) is 4.17. The first-order valence-corrected chi connectivity index (χ1v) is 6.33. The van der Waals surface area contributed by atoms with Gasteiger partial charge < -0.3 is 10.1 Å². The molecule has 3 nitrogen and oxygen atoms in total. The number of pyridine rings is 1. The van der Waals surface area contributed by atoms with Crippen LogP contribution in [0.5, 0.6) is 5.88 Å². The summed E-state index contributed by atoms with van der Waals surface area (Å²) < 4.78 is 18.2. The van der Waals surface area contributed by atoms with Gasteiger partial charge in [0.15, 0.2) is 0 Å². The zero-order valence-corrected chi connectivity index (χ0v) is 10.7. The van der Waals surface area contributed by atoms with Crippen LogP contribution in [0.4, 0.5) is 4.39 Å². The molecule has 1 aromatic carbocycles. The first kappa shape index (κ1) is 13.5. The van der Waals surface area contributed by atoms with Gasteiger partial charge in [-0.15, -0.1) is 0 Å². The quantitative estimate of drug-likeness (QED) is 0.777. The molecule has 0 fully saturated rings. The zero-order chi connectivity index (χ0) is 13.3. The van der Waals surface area contributed by atoms with Crippen LogP contribution in [0, 0.1) is 5.82 Å². The van der Waals surface area contributed by atoms with Gasteiger partial charge in [-0.25, -0.2) is 9.37 Å². The standard InChI is InChI=1S/C15H17FN2O/c16-14-7-5-13(6-8-14)12-17-9-3-11-19-15-4-1-2-10-18-15/h1-2,4-8,10,17H,3,9,11-12H2. The van der Waals surface area contributed by atoms with E-state index in [0.29, 0.717) is 12.5 Å². The first-order valence-electron chi connectivity index (χ1n) is 6.33. The molecular weight excluding hydrogens is 243 g/mol. The Morgan fingerprint density at radius 3 is 2.68 bits per heavy atom. The number of nitrogens with zero attached hydrogens (tertiary/aromatic N) is 1. The lowest BCUT2D eigenvalue weighted by atomic mass is 10.2. The Kier molecular flexibility index (Phi) is 5.31. The molecule has 0 atom stereocenters. The molecular formula is C15H17FN2O. The maximum absolute atomic E-state index is 12.7. The van der Waals surface area contributed by atoms with Crippen molar-refractivity contribution in [1.82, 2.24) is 10.3 Å². The molecule has 4 heteroatoms. The van der Waals surface area contributed by atoms with Crippen molar-refractivity contribution in [1.29, 1.82) is 0 Å². The fourth-order valence-corrected chi connectivity index (χ4v) is 1.64. The van der Waals surface area contributed by atoms with Gasteiger partial charge in [0.25, 0.3) is 0 Å². The third-order valence-corrected chi connectivity index (χ3v) is 2.63. The Morgan fingerprint density at radius 1 is 1.11 bits per heavy atom. The van der Waals surface area contributed by atoms with Crippen molar-refractivity contribution in [3.63, 3.8) is 0 Å². The van der Waals surface area contributed by atoms with Gasteiger partial charge in [0.05, 0.1) is 6.61 Å². The number of nitrogens with one attached hydrogen (secondary N) is 1. The molecule has 1 N–H and O–H groups in total. The maximum atomic E-state index is 12.7. The van der Waals surface area contributed by atoms with Crippen molar-refractivity contribution >= 4 is 0 Å². The molecule has 0 spiro atoms. The molecule has 0 saturated heterocycles. The van der Waals surface area contributed by atoms with E-state index in [0.717, 1.165) is 25.1 Å². The second kappa shape index (κ2) is 7.48. The highest BCUT2D eigenvalue weighted by atomic mass is 19.1. The van der Waals surface area contributed by atoms with Crippen LogP contribution in [0.3, 0.4) is 0 Å². The Bertz CT molecular complexity index is 473. The number of halogens is 1. The van der Waals surface area contributed by atoms with Gasteiger partial charge in [-0.2, -0.15) is 0 Å². The third kappa shape index (κ3) is 5.06. The average Bonchev–Trinajstić information content (AvgIpc) is 2.46. The molecule has 1 heterocycles. The molecule has 0 aliphatic heterocycles. The fourth-order valence-electron chi connectivity index (χ4n) is 1.64. The van der Waals surface area contributed by atoms with Gasteiger partial charge in [-0.05, 0) is 36.7 Å². The van der Waals surface area contributed by atoms with E-state index in [1.54, 1.807) is 18.3 Å². The average molecular weight is 260 g/mol. The highest BCUT2D eigenvalue weighted by Crippen LogP contribution is 2.04. The minimum Gasteiger partial charge on any atom is -0.478 e. The summed E-state index contributed by atoms with van der Waals surface area (Å²) in [6.45, 7) is 2.22. The van der Waals surface area contributed by atoms with Crippen LogP contribution in [0.1, 0.15) is 12.0 Å². The Labute approximate surface area is 112 Å². The Morgan fingerprint density at radius 2 is 1.95 bits per heavy atom. The lowest BCUT2D eigenvalue weighted by Gasteiger charge is -2.06. The van der Waals surface area contributed by atoms with Crippen molar-refractivity contribution in [2.45, 2.75) is 13.0 Å². The summed E-state index contributed by atoms with van der Waals surface area (Å²) in [7, 11) is 0. The van der Waals surface area contributed by atoms with E-state index in [9.17, 15) is 4.39 Å². The van der Waals surface area contributed by atoms with Gasteiger partial charge in [-0.3, -0.25) is 0 Å². The summed E-state index contributed by atoms with van der Waals surface area (Å²) >= 11 is 0. The van der Waals surface area contributed by atoms with Gasteiger partial charge in [0.1, 0.15) is 5.82 Å². The topological polar surface area (TPSA) is 34.1 Å². The molecule has 0 saturated carbocycles. The predicted molar refractivity (Wildman–Crippen MR) is 72.5 cm³/mol. The number of rotatable bonds is 7. The molecule has 0 amide bonds. The van der Waals surface area contributed by atoms with Crippen LogP contribution < -0.4 is 10.1 Å². The minimum atomic E-state index is -0.201. The minimum absolute atomic E-state index is 0.201. The van der Waals surface area contributed by atoms with Crippen LogP contribution >= 0.6 is 0 Å². The molecule has 0 bridgehead atoms. The Balaban J connectivity index is 1.56. The molecule has 2 aromatic rings. The van der Waals surface area contributed by atoms with Gasteiger partial charge in [-0.1, -0.05) is 18.2 Å². The maximum Gasteiger partial charge on any atom is 0.213 e. The molecule has 0 aliphatic carbocycles. The van der Waals surface area contributed by atoms with Crippen molar-refractivity contribution in [2.24, 2.45) is 0 Å². The normalized spacial score (nSPS) is 10.4. The van der Waals surface area contributed by atoms with E-state index in [2.05, 4.69) is 10.3 Å². The number of aromatic nitrogens is 1. The van der Waals surface area contributed by atoms with E-state index in [1.165, 1.54) is 12.1 Å². The largest absolute Gasteiger partial charge is 0.478 e. The van der Waals surface area contributed by atoms with E-state index in [-0.39, 0.29) is 5.82 Å². The fraction of sp³-hybridized carbons (Fsp3) is 0.267. The molecule has 100 valence electrons. The highest BCUT2D eigenvalue weighted by Gasteiger charge is 1.95. The predicted octanol–water partition coefficient (Wildman–Crippen LogP) is 2.78. The molecule has 0 radical (unpaired) electrons. The number of hydrogen-bond donors (Lipinski definition) is 1. The van der Waals surface area contributed by atoms with Crippen LogP contribution in [0.15, 0.2) is 48.7 Å². The zero-order valence-electron chi connectivity index (χ0n) is 10.7. The second-order valence-electron chi connectivity index (χ2n) is 4.17. The smallest absolute Gasteiger partial charge is 0.213 e. The summed E-state index contributed by atoms with van der Waals surface area (Å²) in [6.07, 6.45) is 2.61. The van der Waals surface area contributed by atoms with Crippen molar-refractivity contribution in [2.75, 3.05) is 13.2 Å². The number of hydrogen-bond acceptors (Lipinski definition) is 3.